The lowest BCUT2D eigenvalue weighted by Gasteiger charge is -2.00. The van der Waals surface area contributed by atoms with Crippen LogP contribution in [0.4, 0.5) is 0 Å². The second kappa shape index (κ2) is 3.49. The molecule has 0 amide bonds. The fourth-order valence-corrected chi connectivity index (χ4v) is 2.74. The molecule has 0 N–H and O–H groups in total. The highest BCUT2D eigenvalue weighted by molar-refractivity contribution is 6.15. The van der Waals surface area contributed by atoms with E-state index in [4.69, 9.17) is 0 Å². The molecule has 0 spiro atoms. The molecule has 3 aromatic rings. The maximum atomic E-state index is 2.22. The van der Waals surface area contributed by atoms with Crippen molar-refractivity contribution in [2.75, 3.05) is 0 Å². The first-order chi connectivity index (χ1) is 7.95. The topological polar surface area (TPSA) is 0 Å². The van der Waals surface area contributed by atoms with Crippen LogP contribution in [-0.4, -0.2) is 8.41 Å². The Bertz CT molecular complexity index is 656. The van der Waals surface area contributed by atoms with Gasteiger partial charge in [0.15, 0.2) is 0 Å². The number of hydrogen-bond donors (Lipinski definition) is 0. The van der Waals surface area contributed by atoms with Gasteiger partial charge in [-0.05, 0) is 33.0 Å². The van der Waals surface area contributed by atoms with Gasteiger partial charge in [-0.1, -0.05) is 60.7 Å². The number of fused-ring (bicyclic) bond motifs is 3. The Morgan fingerprint density at radius 3 is 1.47 bits per heavy atom. The quantitative estimate of drug-likeness (QED) is 0.385. The summed E-state index contributed by atoms with van der Waals surface area (Å²) < 4.78 is 0. The Labute approximate surface area is 102 Å². The van der Waals surface area contributed by atoms with Gasteiger partial charge >= 0.3 is 0 Å². The van der Waals surface area contributed by atoms with E-state index in [2.05, 4.69) is 60.7 Å². The summed E-state index contributed by atoms with van der Waals surface area (Å²) in [6.07, 6.45) is 0. The minimum atomic E-state index is 0. The first-order valence-electron chi connectivity index (χ1n) is 5.57. The second-order valence-corrected chi connectivity index (χ2v) is 4.25. The third kappa shape index (κ3) is 1.20. The van der Waals surface area contributed by atoms with Crippen LogP contribution in [0, 0.1) is 0 Å². The van der Waals surface area contributed by atoms with Crippen molar-refractivity contribution in [3.63, 3.8) is 0 Å². The number of hydrogen-bond acceptors (Lipinski definition) is 0. The number of rotatable bonds is 0. The van der Waals surface area contributed by atoms with Gasteiger partial charge in [0, 0.05) is 8.41 Å². The summed E-state index contributed by atoms with van der Waals surface area (Å²) in [6, 6.07) is 21.8. The Morgan fingerprint density at radius 2 is 0.941 bits per heavy atom. The standard InChI is InChI=1S/C16H10.B/c1-2-8-13-12(7-1)14-9-3-5-11-6-4-10-15(13)16(11)14;/h1-10H;. The largest absolute Gasteiger partial charge is 0.0616 e. The average molecular weight is 213 g/mol. The van der Waals surface area contributed by atoms with E-state index in [1.54, 1.807) is 0 Å². The highest BCUT2D eigenvalue weighted by Crippen LogP contribution is 2.46. The predicted molar refractivity (Wildman–Crippen MR) is 74.1 cm³/mol. The summed E-state index contributed by atoms with van der Waals surface area (Å²) in [6.45, 7) is 0. The molecule has 1 aliphatic carbocycles. The molecule has 17 heavy (non-hydrogen) atoms. The van der Waals surface area contributed by atoms with Crippen LogP contribution in [0.25, 0.3) is 33.0 Å². The van der Waals surface area contributed by atoms with Crippen molar-refractivity contribution < 1.29 is 0 Å². The summed E-state index contributed by atoms with van der Waals surface area (Å²) in [7, 11) is 0. The average Bonchev–Trinajstić information content (AvgIpc) is 2.68. The lowest BCUT2D eigenvalue weighted by atomic mass is 10.0. The van der Waals surface area contributed by atoms with Crippen molar-refractivity contribution in [2.45, 2.75) is 0 Å². The molecule has 0 aliphatic heterocycles. The molecule has 0 aromatic heterocycles. The Hall–Kier alpha value is -2.02. The minimum absolute atomic E-state index is 0. The van der Waals surface area contributed by atoms with E-state index in [1.807, 2.05) is 0 Å². The van der Waals surface area contributed by atoms with Gasteiger partial charge in [0.2, 0.25) is 0 Å². The zero-order chi connectivity index (χ0) is 10.5. The molecule has 0 atom stereocenters. The van der Waals surface area contributed by atoms with E-state index in [0.717, 1.165) is 0 Å². The van der Waals surface area contributed by atoms with Crippen LogP contribution in [0.2, 0.25) is 0 Å². The molecule has 0 saturated carbocycles. The zero-order valence-electron chi connectivity index (χ0n) is 9.35. The summed E-state index contributed by atoms with van der Waals surface area (Å²) in [5.41, 5.74) is 5.50. The highest BCUT2D eigenvalue weighted by Gasteiger charge is 2.19. The van der Waals surface area contributed by atoms with Gasteiger partial charge in [-0.3, -0.25) is 0 Å². The van der Waals surface area contributed by atoms with E-state index in [-0.39, 0.29) is 8.41 Å². The first-order valence-corrected chi connectivity index (χ1v) is 5.57. The SMILES string of the molecule is [B].c1ccc2c(c1)-c1cccc3cccc-2c13. The molecule has 0 saturated heterocycles. The lowest BCUT2D eigenvalue weighted by molar-refractivity contribution is 1.70. The van der Waals surface area contributed by atoms with E-state index in [1.165, 1.54) is 33.0 Å². The molecule has 0 bridgehead atoms. The fraction of sp³-hybridized carbons (Fsp3) is 0. The van der Waals surface area contributed by atoms with Crippen LogP contribution in [0.3, 0.4) is 0 Å². The van der Waals surface area contributed by atoms with Gasteiger partial charge in [0.1, 0.15) is 0 Å². The van der Waals surface area contributed by atoms with Crippen molar-refractivity contribution in [3.05, 3.63) is 60.7 Å². The molecule has 0 unspecified atom stereocenters. The third-order valence-corrected chi connectivity index (χ3v) is 3.41. The molecule has 3 radical (unpaired) electrons. The maximum absolute atomic E-state index is 2.22. The highest BCUT2D eigenvalue weighted by atomic mass is 14.2. The van der Waals surface area contributed by atoms with Gasteiger partial charge in [0.25, 0.3) is 0 Å². The van der Waals surface area contributed by atoms with Crippen molar-refractivity contribution >= 4 is 19.2 Å². The van der Waals surface area contributed by atoms with Crippen molar-refractivity contribution in [3.8, 4) is 22.3 Å². The molecule has 77 valence electrons. The van der Waals surface area contributed by atoms with Crippen LogP contribution < -0.4 is 0 Å². The smallest absolute Gasteiger partial charge is 0 e. The normalized spacial score (nSPS) is 11.1. The van der Waals surface area contributed by atoms with Gasteiger partial charge in [-0.25, -0.2) is 0 Å². The lowest BCUT2D eigenvalue weighted by Crippen LogP contribution is -1.73. The summed E-state index contributed by atoms with van der Waals surface area (Å²) in [4.78, 5) is 0. The Morgan fingerprint density at radius 1 is 0.471 bits per heavy atom. The van der Waals surface area contributed by atoms with Crippen LogP contribution >= 0.6 is 0 Å². The van der Waals surface area contributed by atoms with E-state index >= 15 is 0 Å². The molecule has 3 aromatic carbocycles. The molecule has 1 aliphatic rings. The van der Waals surface area contributed by atoms with Gasteiger partial charge < -0.3 is 0 Å². The Balaban J connectivity index is 0.000000902. The van der Waals surface area contributed by atoms with Crippen LogP contribution in [0.1, 0.15) is 0 Å². The van der Waals surface area contributed by atoms with Crippen LogP contribution in [0.15, 0.2) is 60.7 Å². The van der Waals surface area contributed by atoms with Crippen LogP contribution in [-0.2, 0) is 0 Å². The van der Waals surface area contributed by atoms with E-state index in [0.29, 0.717) is 0 Å². The molecule has 4 rings (SSSR count). The van der Waals surface area contributed by atoms with Crippen molar-refractivity contribution in [1.29, 1.82) is 0 Å². The molecule has 1 heteroatoms. The molecule has 0 fully saturated rings. The number of benzene rings is 3. The summed E-state index contributed by atoms with van der Waals surface area (Å²) in [5.74, 6) is 0. The molecular weight excluding hydrogens is 203 g/mol. The van der Waals surface area contributed by atoms with Crippen molar-refractivity contribution in [1.82, 2.24) is 0 Å². The summed E-state index contributed by atoms with van der Waals surface area (Å²) in [5, 5.41) is 2.75. The monoisotopic (exact) mass is 213 g/mol. The van der Waals surface area contributed by atoms with Gasteiger partial charge in [-0.2, -0.15) is 0 Å². The second-order valence-electron chi connectivity index (χ2n) is 4.25. The molecule has 0 heterocycles. The predicted octanol–water partition coefficient (Wildman–Crippen LogP) is 4.11. The van der Waals surface area contributed by atoms with Crippen molar-refractivity contribution in [2.24, 2.45) is 0 Å². The molecular formula is C16H10B. The first kappa shape index (κ1) is 10.2. The molecule has 0 nitrogen and oxygen atoms in total. The van der Waals surface area contributed by atoms with E-state index in [9.17, 15) is 0 Å². The maximum Gasteiger partial charge on any atom is 0 e. The van der Waals surface area contributed by atoms with Gasteiger partial charge in [0.05, 0.1) is 0 Å². The van der Waals surface area contributed by atoms with E-state index < -0.39 is 0 Å². The Kier molecular flexibility index (Phi) is 2.09. The summed E-state index contributed by atoms with van der Waals surface area (Å²) >= 11 is 0. The minimum Gasteiger partial charge on any atom is -0.0616 e. The van der Waals surface area contributed by atoms with Crippen LogP contribution in [0.5, 0.6) is 0 Å². The zero-order valence-corrected chi connectivity index (χ0v) is 9.35. The third-order valence-electron chi connectivity index (χ3n) is 3.41. The fourth-order valence-electron chi connectivity index (χ4n) is 2.74. The van der Waals surface area contributed by atoms with Gasteiger partial charge in [-0.15, -0.1) is 0 Å².